The normalized spacial score (nSPS) is 11.8. The van der Waals surface area contributed by atoms with Gasteiger partial charge in [0.05, 0.1) is 71.2 Å². The molecule has 0 amide bonds. The van der Waals surface area contributed by atoms with Crippen LogP contribution in [0.25, 0.3) is 0 Å². The molecule has 0 fully saturated rings. The van der Waals surface area contributed by atoms with Gasteiger partial charge in [0.2, 0.25) is 0 Å². The van der Waals surface area contributed by atoms with Gasteiger partial charge in [-0.25, -0.2) is 0 Å². The first-order valence-corrected chi connectivity index (χ1v) is 53.7. The molecule has 0 aliphatic rings. The Bertz CT molecular complexity index is 1870. The van der Waals surface area contributed by atoms with Crippen molar-refractivity contribution in [3.63, 3.8) is 0 Å². The van der Waals surface area contributed by atoms with E-state index in [2.05, 4.69) is 277 Å². The van der Waals surface area contributed by atoms with Gasteiger partial charge in [-0.15, -0.1) is 0 Å². The number of rotatable bonds is 73. The number of hydrogen-bond acceptors (Lipinski definition) is 18. The first-order valence-electron chi connectivity index (χ1n) is 53.7. The van der Waals surface area contributed by atoms with E-state index in [1.807, 2.05) is 35.2 Å². The lowest BCUT2D eigenvalue weighted by Gasteiger charge is -2.22. The van der Waals surface area contributed by atoms with Crippen LogP contribution in [0, 0.1) is 0 Å². The van der Waals surface area contributed by atoms with Gasteiger partial charge in [0, 0.05) is 79.0 Å². The molecule has 788 valence electrons. The molecule has 0 saturated heterocycles. The summed E-state index contributed by atoms with van der Waals surface area (Å²) in [6, 6.07) is 0. The van der Waals surface area contributed by atoms with Gasteiger partial charge >= 0.3 is 0 Å². The molecule has 0 heterocycles. The largest absolute Gasteiger partial charge is 0.379 e. The van der Waals surface area contributed by atoms with Crippen molar-refractivity contribution in [2.45, 2.75) is 529 Å². The van der Waals surface area contributed by atoms with Crippen LogP contribution in [0.4, 0.5) is 0 Å². The van der Waals surface area contributed by atoms with E-state index in [1.54, 1.807) is 0 Å². The van der Waals surface area contributed by atoms with Gasteiger partial charge in [-0.1, -0.05) is 202 Å². The van der Waals surface area contributed by atoms with Gasteiger partial charge in [-0.2, -0.15) is 0 Å². The topological polar surface area (TPSA) is 162 Å². The molecule has 0 bridgehead atoms. The summed E-state index contributed by atoms with van der Waals surface area (Å²) in [6.45, 7) is 86.9. The lowest BCUT2D eigenvalue weighted by Crippen LogP contribution is -2.29. The predicted molar refractivity (Wildman–Crippen MR) is 574 cm³/mol. The van der Waals surface area contributed by atoms with E-state index >= 15 is 0 Å². The molecular weight excluding hydrogens is 1590 g/mol. The number of likely N-dealkylation sites (N-methyl/N-ethyl adjacent to an activating group) is 2. The highest BCUT2D eigenvalue weighted by atomic mass is 16.5. The maximum absolute atomic E-state index is 5.66. The molecule has 18 heteroatoms. The third-order valence-electron chi connectivity index (χ3n) is 19.2. The molecule has 18 nitrogen and oxygen atoms in total. The highest BCUT2D eigenvalue weighted by Crippen LogP contribution is 2.16. The molecule has 0 aromatic carbocycles. The van der Waals surface area contributed by atoms with E-state index in [4.69, 9.17) is 47.4 Å². The minimum Gasteiger partial charge on any atom is -0.379 e. The van der Waals surface area contributed by atoms with E-state index in [0.717, 1.165) is 144 Å². The molecule has 0 saturated carbocycles. The summed E-state index contributed by atoms with van der Waals surface area (Å²) in [7, 11) is 16.4. The molecule has 0 aliphatic carbocycles. The fraction of sp³-hybridized carbons (Fsp3) is 1.00. The molecule has 128 heavy (non-hydrogen) atoms. The second-order valence-corrected chi connectivity index (χ2v) is 42.2. The Morgan fingerprint density at radius 3 is 0.633 bits per heavy atom. The summed E-state index contributed by atoms with van der Waals surface area (Å²) >= 11 is 0. The quantitative estimate of drug-likeness (QED) is 0.0365. The molecule has 0 atom stereocenters. The first kappa shape index (κ1) is 148. The summed E-state index contributed by atoms with van der Waals surface area (Å²) in [4.78, 5) is 7.10. The summed E-state index contributed by atoms with van der Waals surface area (Å²) in [5, 5.41) is 15.6. The SMILES string of the molecule is CCCCCCCCCOC(C)(C)C.CCCCCCCCCOC(C)(C)C.CCCCCCCCCOC(C)C.CCCCCN(C)CCCOC(C)C.CCCCCOC(C)(C)C.CNCCCCCCCCOC(C)C.CNCCCCN(C)CCCOC(C)C.CNCCCCOC(C)(C)C.CNCCCN(C)CCOC(C)(C)C.CNCCOC(C)(C)C. The molecule has 0 spiro atoms. The van der Waals surface area contributed by atoms with Crippen LogP contribution in [0.3, 0.4) is 0 Å². The van der Waals surface area contributed by atoms with Crippen molar-refractivity contribution < 1.29 is 47.4 Å². The molecule has 0 aliphatic heterocycles. The van der Waals surface area contributed by atoms with E-state index < -0.39 is 0 Å². The van der Waals surface area contributed by atoms with Crippen LogP contribution in [0.15, 0.2) is 0 Å². The first-order chi connectivity index (χ1) is 60.1. The van der Waals surface area contributed by atoms with Crippen molar-refractivity contribution in [2.75, 3.05) is 194 Å². The van der Waals surface area contributed by atoms with Crippen LogP contribution < -0.4 is 26.6 Å². The Hall–Kier alpha value is -0.720. The van der Waals surface area contributed by atoms with Gasteiger partial charge in [0.1, 0.15) is 0 Å². The lowest BCUT2D eigenvalue weighted by atomic mass is 10.1. The Balaban J connectivity index is -0.000000152. The van der Waals surface area contributed by atoms with Crippen LogP contribution in [0.2, 0.25) is 0 Å². The second-order valence-electron chi connectivity index (χ2n) is 42.2. The van der Waals surface area contributed by atoms with E-state index in [0.29, 0.717) is 24.4 Å². The highest BCUT2D eigenvalue weighted by Gasteiger charge is 2.14. The molecule has 5 N–H and O–H groups in total. The van der Waals surface area contributed by atoms with Gasteiger partial charge in [-0.05, 0) is 372 Å². The maximum Gasteiger partial charge on any atom is 0.0600 e. The monoisotopic (exact) mass is 1840 g/mol. The van der Waals surface area contributed by atoms with Crippen molar-refractivity contribution in [2.24, 2.45) is 0 Å². The second kappa shape index (κ2) is 113. The molecule has 0 radical (unpaired) electrons. The molecule has 0 unspecified atom stereocenters. The fourth-order valence-corrected chi connectivity index (χ4v) is 11.6. The molecule has 0 aromatic heterocycles. The fourth-order valence-electron chi connectivity index (χ4n) is 11.6. The van der Waals surface area contributed by atoms with Gasteiger partial charge in [0.25, 0.3) is 0 Å². The van der Waals surface area contributed by atoms with Crippen LogP contribution in [-0.4, -0.2) is 267 Å². The van der Waals surface area contributed by atoms with Crippen LogP contribution >= 0.6 is 0 Å². The van der Waals surface area contributed by atoms with Gasteiger partial charge < -0.3 is 88.7 Å². The number of hydrogen-bond donors (Lipinski definition) is 5. The smallest absolute Gasteiger partial charge is 0.0600 e. The van der Waals surface area contributed by atoms with E-state index in [1.165, 1.54) is 251 Å². The van der Waals surface area contributed by atoms with Crippen molar-refractivity contribution in [1.82, 2.24) is 41.3 Å². The number of nitrogens with one attached hydrogen (secondary N) is 5. The minimum atomic E-state index is -0.00812. The van der Waals surface area contributed by atoms with E-state index in [-0.39, 0.29) is 33.6 Å². The minimum absolute atomic E-state index is 0.00812. The average molecular weight is 1840 g/mol. The zero-order valence-electron chi connectivity index (χ0n) is 95.4. The van der Waals surface area contributed by atoms with Crippen LogP contribution in [0.5, 0.6) is 0 Å². The Kier molecular flexibility index (Phi) is 131. The predicted octanol–water partition coefficient (Wildman–Crippen LogP) is 28.1. The summed E-state index contributed by atoms with van der Waals surface area (Å²) < 4.78 is 55.4. The maximum atomic E-state index is 5.66. The lowest BCUT2D eigenvalue weighted by molar-refractivity contribution is -0.0108. The van der Waals surface area contributed by atoms with E-state index in [9.17, 15) is 0 Å². The molecule has 0 rings (SSSR count). The van der Waals surface area contributed by atoms with Crippen LogP contribution in [0.1, 0.15) is 471 Å². The summed E-state index contributed by atoms with van der Waals surface area (Å²) in [5.74, 6) is 0. The number of unbranched alkanes of at least 4 members (excludes halogenated alkanes) is 29. The van der Waals surface area contributed by atoms with Crippen molar-refractivity contribution in [3.05, 3.63) is 0 Å². The highest BCUT2D eigenvalue weighted by molar-refractivity contribution is 4.65. The number of nitrogens with zero attached hydrogens (tertiary/aromatic N) is 3. The number of ether oxygens (including phenoxy) is 10. The third kappa shape index (κ3) is 192. The summed E-state index contributed by atoms with van der Waals surface area (Å²) in [5.41, 5.74) is 0.167. The van der Waals surface area contributed by atoms with Gasteiger partial charge in [0.15, 0.2) is 0 Å². The Morgan fingerprint density at radius 1 is 0.180 bits per heavy atom. The average Bonchev–Trinajstić information content (AvgIpc) is 1.06. The summed E-state index contributed by atoms with van der Waals surface area (Å²) in [6.07, 6.45) is 54.2. The Morgan fingerprint density at radius 2 is 0.352 bits per heavy atom. The molecular formula is C110H248N8O10. The zero-order valence-corrected chi connectivity index (χ0v) is 95.4. The van der Waals surface area contributed by atoms with Crippen molar-refractivity contribution >= 4 is 0 Å². The van der Waals surface area contributed by atoms with Crippen molar-refractivity contribution in [3.8, 4) is 0 Å². The van der Waals surface area contributed by atoms with Crippen LogP contribution in [-0.2, 0) is 47.4 Å². The standard InChI is InChI=1S/2C13H28O.C12H28N2O.2C12H27NO.C12H26O.C11H26N2O.C9H21NO.C9H20O.C7H17NO/c2*1-5-6-7-8-9-10-11-12-14-13(2,3)4;1-12(2)15-11-7-10-14(4)9-6-5-8-13-3;1-12(2)14-11-9-7-5-4-6-8-10-13-3;1-5-6-7-9-13(4)10-8-11-14-12(2)3;1-4-5-6-7-8-9-10-11-13-12(2)3;1-11(2,3)14-10-9-13(5)8-6-7-12-4;1-9(2,3)11-8-6-5-7-10-4;1-5-6-7-8-10-9(2,3)4;1-7(2,3)9-6-5-8-4/h2*5-12H2,1-4H3;12-13H,5-11H2,1-4H3;12-13H,4-11H2,1-3H3;12H,5-11H2,1-4H3;12H,4-11H2,1-3H3;12H,6-10H2,1-5H3;10H,5-8H2,1-4H3;5-8H2,1-4H3;8H,5-6H2,1-4H3. The molecule has 0 aromatic rings. The van der Waals surface area contributed by atoms with Crippen molar-refractivity contribution in [1.29, 1.82) is 0 Å². The van der Waals surface area contributed by atoms with Gasteiger partial charge in [-0.3, -0.25) is 0 Å². The zero-order chi connectivity index (χ0) is 99.8. The Labute approximate surface area is 808 Å². The third-order valence-corrected chi connectivity index (χ3v) is 19.2.